The van der Waals surface area contributed by atoms with Crippen molar-refractivity contribution in [3.05, 3.63) is 34.9 Å². The van der Waals surface area contributed by atoms with Gasteiger partial charge in [0.05, 0.1) is 0 Å². The maximum absolute atomic E-state index is 12.7. The van der Waals surface area contributed by atoms with E-state index in [1.165, 1.54) is 25.7 Å². The summed E-state index contributed by atoms with van der Waals surface area (Å²) >= 11 is 0. The normalized spacial score (nSPS) is 23.7. The van der Waals surface area contributed by atoms with E-state index in [1.807, 2.05) is 32.0 Å². The van der Waals surface area contributed by atoms with Gasteiger partial charge in [-0.15, -0.1) is 0 Å². The summed E-state index contributed by atoms with van der Waals surface area (Å²) < 4.78 is 0. The molecule has 1 aliphatic heterocycles. The number of hydrogen-bond acceptors (Lipinski definition) is 2. The molecule has 3 rings (SSSR count). The second-order valence-corrected chi connectivity index (χ2v) is 7.58. The summed E-state index contributed by atoms with van der Waals surface area (Å²) in [4.78, 5) is 27.3. The summed E-state index contributed by atoms with van der Waals surface area (Å²) in [6.07, 6.45) is 8.07. The number of fused-ring (bicyclic) bond motifs is 1. The van der Waals surface area contributed by atoms with Crippen LogP contribution in [0.25, 0.3) is 0 Å². The zero-order chi connectivity index (χ0) is 17.1. The standard InChI is InChI=1S/C21H29NO2/c1-15-9-10-16(2)18(14-15)20(23)11-12-21(24)22-13-5-7-17-6-3-4-8-19(17)22/h9-10,14,17,19H,3-8,11-13H2,1-2H3. The van der Waals surface area contributed by atoms with E-state index in [9.17, 15) is 9.59 Å². The minimum absolute atomic E-state index is 0.0988. The molecule has 1 saturated heterocycles. The summed E-state index contributed by atoms with van der Waals surface area (Å²) in [6.45, 7) is 4.85. The van der Waals surface area contributed by atoms with E-state index in [0.29, 0.717) is 24.8 Å². The van der Waals surface area contributed by atoms with Crippen LogP contribution in [0, 0.1) is 19.8 Å². The van der Waals surface area contributed by atoms with Crippen LogP contribution in [-0.4, -0.2) is 29.2 Å². The van der Waals surface area contributed by atoms with Gasteiger partial charge in [0.15, 0.2) is 5.78 Å². The van der Waals surface area contributed by atoms with Gasteiger partial charge in [0, 0.05) is 31.0 Å². The predicted octanol–water partition coefficient (Wildman–Crippen LogP) is 4.45. The van der Waals surface area contributed by atoms with Crippen LogP contribution in [0.2, 0.25) is 0 Å². The maximum atomic E-state index is 12.7. The van der Waals surface area contributed by atoms with Crippen LogP contribution in [0.4, 0.5) is 0 Å². The van der Waals surface area contributed by atoms with Crippen molar-refractivity contribution in [1.82, 2.24) is 4.90 Å². The molecule has 1 aliphatic carbocycles. The number of amides is 1. The molecule has 0 spiro atoms. The fourth-order valence-electron chi connectivity index (χ4n) is 4.47. The predicted molar refractivity (Wildman–Crippen MR) is 96.2 cm³/mol. The van der Waals surface area contributed by atoms with Gasteiger partial charge < -0.3 is 4.90 Å². The Kier molecular flexibility index (Phi) is 5.37. The van der Waals surface area contributed by atoms with Crippen LogP contribution in [0.15, 0.2) is 18.2 Å². The topological polar surface area (TPSA) is 37.4 Å². The average molecular weight is 327 g/mol. The van der Waals surface area contributed by atoms with Crippen LogP contribution in [-0.2, 0) is 4.79 Å². The average Bonchev–Trinajstić information content (AvgIpc) is 2.61. The highest BCUT2D eigenvalue weighted by Crippen LogP contribution is 2.35. The fraction of sp³-hybridized carbons (Fsp3) is 0.619. The van der Waals surface area contributed by atoms with E-state index >= 15 is 0 Å². The lowest BCUT2D eigenvalue weighted by Crippen LogP contribution is -2.49. The highest BCUT2D eigenvalue weighted by Gasteiger charge is 2.35. The van der Waals surface area contributed by atoms with Gasteiger partial charge in [0.1, 0.15) is 0 Å². The van der Waals surface area contributed by atoms with Gasteiger partial charge in [0.25, 0.3) is 0 Å². The van der Waals surface area contributed by atoms with E-state index in [1.54, 1.807) is 0 Å². The maximum Gasteiger partial charge on any atom is 0.223 e. The Labute approximate surface area is 145 Å². The van der Waals surface area contributed by atoms with Crippen molar-refractivity contribution in [2.24, 2.45) is 5.92 Å². The molecule has 3 heteroatoms. The minimum Gasteiger partial charge on any atom is -0.339 e. The molecule has 1 heterocycles. The quantitative estimate of drug-likeness (QED) is 0.766. The lowest BCUT2D eigenvalue weighted by atomic mass is 9.78. The molecule has 2 unspecified atom stereocenters. The largest absolute Gasteiger partial charge is 0.339 e. The van der Waals surface area contributed by atoms with Crippen molar-refractivity contribution in [2.75, 3.05) is 6.54 Å². The zero-order valence-corrected chi connectivity index (χ0v) is 15.0. The number of carbonyl (C=O) groups is 2. The van der Waals surface area contributed by atoms with Crippen molar-refractivity contribution in [2.45, 2.75) is 71.3 Å². The molecule has 0 N–H and O–H groups in total. The van der Waals surface area contributed by atoms with E-state index in [-0.39, 0.29) is 11.7 Å². The third-order valence-corrected chi connectivity index (χ3v) is 5.82. The molecular formula is C21H29NO2. The van der Waals surface area contributed by atoms with Crippen molar-refractivity contribution < 1.29 is 9.59 Å². The van der Waals surface area contributed by atoms with Crippen LogP contribution in [0.3, 0.4) is 0 Å². The molecule has 2 fully saturated rings. The number of likely N-dealkylation sites (tertiary alicyclic amines) is 1. The van der Waals surface area contributed by atoms with Crippen LogP contribution >= 0.6 is 0 Å². The van der Waals surface area contributed by atoms with Gasteiger partial charge in [-0.1, -0.05) is 30.5 Å². The van der Waals surface area contributed by atoms with Gasteiger partial charge in [-0.05, 0) is 57.1 Å². The number of rotatable bonds is 4. The Bertz CT molecular complexity index is 620. The number of benzene rings is 1. The molecular weight excluding hydrogens is 298 g/mol. The molecule has 1 saturated carbocycles. The second-order valence-electron chi connectivity index (χ2n) is 7.58. The second kappa shape index (κ2) is 7.50. The lowest BCUT2D eigenvalue weighted by Gasteiger charge is -2.44. The molecule has 3 nitrogen and oxygen atoms in total. The molecule has 1 amide bonds. The zero-order valence-electron chi connectivity index (χ0n) is 15.0. The van der Waals surface area contributed by atoms with Crippen LogP contribution < -0.4 is 0 Å². The molecule has 0 radical (unpaired) electrons. The number of carbonyl (C=O) groups excluding carboxylic acids is 2. The molecule has 130 valence electrons. The highest BCUT2D eigenvalue weighted by atomic mass is 16.2. The third kappa shape index (κ3) is 3.71. The lowest BCUT2D eigenvalue weighted by molar-refractivity contribution is -0.137. The number of nitrogens with zero attached hydrogens (tertiary/aromatic N) is 1. The van der Waals surface area contributed by atoms with E-state index in [4.69, 9.17) is 0 Å². The van der Waals surface area contributed by atoms with Gasteiger partial charge in [0.2, 0.25) is 5.91 Å². The third-order valence-electron chi connectivity index (χ3n) is 5.82. The van der Waals surface area contributed by atoms with Gasteiger partial charge in [-0.3, -0.25) is 9.59 Å². The van der Waals surface area contributed by atoms with E-state index in [0.717, 1.165) is 36.1 Å². The van der Waals surface area contributed by atoms with Crippen molar-refractivity contribution in [1.29, 1.82) is 0 Å². The summed E-state index contributed by atoms with van der Waals surface area (Å²) in [5.74, 6) is 0.984. The molecule has 2 aliphatic rings. The Hall–Kier alpha value is -1.64. The Balaban J connectivity index is 1.60. The molecule has 1 aromatic rings. The van der Waals surface area contributed by atoms with E-state index < -0.39 is 0 Å². The summed E-state index contributed by atoms with van der Waals surface area (Å²) in [6, 6.07) is 6.39. The number of hydrogen-bond donors (Lipinski definition) is 0. The molecule has 24 heavy (non-hydrogen) atoms. The smallest absolute Gasteiger partial charge is 0.223 e. The van der Waals surface area contributed by atoms with Crippen molar-refractivity contribution in [3.8, 4) is 0 Å². The Morgan fingerprint density at radius 1 is 1.04 bits per heavy atom. The summed E-state index contributed by atoms with van der Waals surface area (Å²) in [5, 5.41) is 0. The molecule has 0 aromatic heterocycles. The first kappa shape index (κ1) is 17.2. The number of piperidine rings is 1. The van der Waals surface area contributed by atoms with Crippen molar-refractivity contribution >= 4 is 11.7 Å². The Morgan fingerprint density at radius 3 is 2.62 bits per heavy atom. The number of aryl methyl sites for hydroxylation is 2. The molecule has 1 aromatic carbocycles. The Morgan fingerprint density at radius 2 is 1.79 bits per heavy atom. The van der Waals surface area contributed by atoms with Gasteiger partial charge in [-0.25, -0.2) is 0 Å². The highest BCUT2D eigenvalue weighted by molar-refractivity contribution is 5.99. The van der Waals surface area contributed by atoms with E-state index in [2.05, 4.69) is 4.90 Å². The monoisotopic (exact) mass is 327 g/mol. The first-order chi connectivity index (χ1) is 11.6. The summed E-state index contributed by atoms with van der Waals surface area (Å²) in [5.41, 5.74) is 2.87. The van der Waals surface area contributed by atoms with Crippen LogP contribution in [0.1, 0.15) is 72.9 Å². The molecule has 0 bridgehead atoms. The van der Waals surface area contributed by atoms with Crippen LogP contribution in [0.5, 0.6) is 0 Å². The van der Waals surface area contributed by atoms with Crippen molar-refractivity contribution in [3.63, 3.8) is 0 Å². The number of Topliss-reactive ketones (excluding diaryl/α,β-unsaturated/α-hetero) is 1. The van der Waals surface area contributed by atoms with Gasteiger partial charge in [-0.2, -0.15) is 0 Å². The minimum atomic E-state index is 0.0988. The fourth-order valence-corrected chi connectivity index (χ4v) is 4.47. The first-order valence-electron chi connectivity index (χ1n) is 9.46. The number of ketones is 1. The first-order valence-corrected chi connectivity index (χ1v) is 9.46. The molecule has 2 atom stereocenters. The van der Waals surface area contributed by atoms with Gasteiger partial charge >= 0.3 is 0 Å². The SMILES string of the molecule is Cc1ccc(C)c(C(=O)CCC(=O)N2CCCC3CCCCC32)c1. The summed E-state index contributed by atoms with van der Waals surface area (Å²) in [7, 11) is 0.